The van der Waals surface area contributed by atoms with Gasteiger partial charge >= 0.3 is 0 Å². The molecule has 0 aliphatic carbocycles. The number of aliphatic hydroxyl groups excluding tert-OH is 2. The van der Waals surface area contributed by atoms with Crippen LogP contribution in [0, 0.1) is 0 Å². The molecule has 0 spiro atoms. The van der Waals surface area contributed by atoms with E-state index >= 15 is 0 Å². The smallest absolute Gasteiger partial charge is 0.151 e. The summed E-state index contributed by atoms with van der Waals surface area (Å²) in [5.74, 6) is 0. The van der Waals surface area contributed by atoms with Gasteiger partial charge in [0.05, 0.1) is 0 Å². The van der Waals surface area contributed by atoms with Crippen LogP contribution < -0.4 is 11.5 Å². The van der Waals surface area contributed by atoms with Crippen molar-refractivity contribution in [3.05, 3.63) is 0 Å². The van der Waals surface area contributed by atoms with Crippen molar-refractivity contribution in [2.45, 2.75) is 31.4 Å². The van der Waals surface area contributed by atoms with Crippen LogP contribution in [0.3, 0.4) is 0 Å². The molecular weight excluding hydrogens is 136 g/mol. The first-order valence-electron chi connectivity index (χ1n) is 3.09. The lowest BCUT2D eigenvalue weighted by Crippen LogP contribution is -2.41. The van der Waals surface area contributed by atoms with Crippen molar-refractivity contribution >= 4 is 0 Å². The predicted octanol–water partition coefficient (Wildman–Crippen LogP) is -2.32. The fraction of sp³-hybridized carbons (Fsp3) is 1.00. The lowest BCUT2D eigenvalue weighted by molar-refractivity contribution is -0.0492. The van der Waals surface area contributed by atoms with Gasteiger partial charge in [-0.3, -0.25) is 0 Å². The molecule has 0 radical (unpaired) electrons. The zero-order chi connectivity index (χ0) is 8.15. The van der Waals surface area contributed by atoms with Gasteiger partial charge in [0, 0.05) is 6.04 Å². The molecule has 0 saturated carbocycles. The highest BCUT2D eigenvalue weighted by atomic mass is 16.5. The lowest BCUT2D eigenvalue weighted by atomic mass is 10.1. The van der Waals surface area contributed by atoms with Gasteiger partial charge < -0.3 is 26.8 Å². The fourth-order valence-electron chi connectivity index (χ4n) is 0.512. The molecule has 2 atom stereocenters. The van der Waals surface area contributed by atoms with Gasteiger partial charge in [0.25, 0.3) is 0 Å². The van der Waals surface area contributed by atoms with Gasteiger partial charge in [-0.05, 0) is 12.8 Å². The number of aliphatic hydroxyl groups is 3. The highest BCUT2D eigenvalue weighted by molar-refractivity contribution is 4.65. The SMILES string of the molecule is NC(O)C(N)CCC(O)O. The Morgan fingerprint density at radius 3 is 1.80 bits per heavy atom. The molecule has 10 heavy (non-hydrogen) atoms. The minimum absolute atomic E-state index is 0.134. The number of hydrogen-bond donors (Lipinski definition) is 5. The normalized spacial score (nSPS) is 17.4. The Morgan fingerprint density at radius 1 is 1.00 bits per heavy atom. The monoisotopic (exact) mass is 150 g/mol. The largest absolute Gasteiger partial charge is 0.377 e. The van der Waals surface area contributed by atoms with Crippen molar-refractivity contribution in [1.29, 1.82) is 0 Å². The summed E-state index contributed by atoms with van der Waals surface area (Å²) in [5, 5.41) is 25.3. The predicted molar refractivity (Wildman–Crippen MR) is 35.6 cm³/mol. The molecule has 62 valence electrons. The zero-order valence-corrected chi connectivity index (χ0v) is 5.64. The summed E-state index contributed by atoms with van der Waals surface area (Å²) < 4.78 is 0. The third-order valence-corrected chi connectivity index (χ3v) is 1.20. The van der Waals surface area contributed by atoms with Crippen molar-refractivity contribution in [3.8, 4) is 0 Å². The van der Waals surface area contributed by atoms with E-state index in [4.69, 9.17) is 26.8 Å². The lowest BCUT2D eigenvalue weighted by Gasteiger charge is -2.14. The van der Waals surface area contributed by atoms with Crippen LogP contribution in [0.1, 0.15) is 12.8 Å². The Morgan fingerprint density at radius 2 is 1.50 bits per heavy atom. The summed E-state index contributed by atoms with van der Waals surface area (Å²) >= 11 is 0. The molecule has 0 amide bonds. The quantitative estimate of drug-likeness (QED) is 0.289. The van der Waals surface area contributed by atoms with E-state index in [1.807, 2.05) is 0 Å². The number of hydrogen-bond acceptors (Lipinski definition) is 5. The van der Waals surface area contributed by atoms with Gasteiger partial charge in [0.15, 0.2) is 6.29 Å². The van der Waals surface area contributed by atoms with E-state index in [-0.39, 0.29) is 6.42 Å². The minimum atomic E-state index is -1.37. The molecule has 0 saturated heterocycles. The van der Waals surface area contributed by atoms with Gasteiger partial charge in [0.1, 0.15) is 6.23 Å². The second-order valence-electron chi connectivity index (χ2n) is 2.21. The first kappa shape index (κ1) is 9.80. The van der Waals surface area contributed by atoms with E-state index < -0.39 is 18.6 Å². The van der Waals surface area contributed by atoms with Crippen molar-refractivity contribution in [2.75, 3.05) is 0 Å². The van der Waals surface area contributed by atoms with Crippen molar-refractivity contribution < 1.29 is 15.3 Å². The maximum atomic E-state index is 8.62. The molecule has 5 heteroatoms. The third-order valence-electron chi connectivity index (χ3n) is 1.20. The average Bonchev–Trinajstić information content (AvgIpc) is 1.82. The van der Waals surface area contributed by atoms with E-state index in [0.29, 0.717) is 6.42 Å². The van der Waals surface area contributed by atoms with Gasteiger partial charge in [-0.2, -0.15) is 0 Å². The molecular formula is C5H14N2O3. The summed E-state index contributed by atoms with van der Waals surface area (Å²) in [6.45, 7) is 0. The summed E-state index contributed by atoms with van der Waals surface area (Å²) in [7, 11) is 0. The second-order valence-corrected chi connectivity index (χ2v) is 2.21. The molecule has 0 bridgehead atoms. The minimum Gasteiger partial charge on any atom is -0.377 e. The Hall–Kier alpha value is -0.200. The second kappa shape index (κ2) is 4.59. The Balaban J connectivity index is 3.30. The van der Waals surface area contributed by atoms with Crippen LogP contribution in [-0.2, 0) is 0 Å². The van der Waals surface area contributed by atoms with Gasteiger partial charge in [-0.25, -0.2) is 0 Å². The van der Waals surface area contributed by atoms with Crippen LogP contribution in [0.2, 0.25) is 0 Å². The van der Waals surface area contributed by atoms with Crippen molar-refractivity contribution in [2.24, 2.45) is 11.5 Å². The molecule has 0 aliphatic rings. The Bertz CT molecular complexity index is 87.0. The molecule has 0 rings (SSSR count). The first-order valence-corrected chi connectivity index (χ1v) is 3.09. The Labute approximate surface area is 59.3 Å². The summed E-state index contributed by atoms with van der Waals surface area (Å²) in [4.78, 5) is 0. The maximum absolute atomic E-state index is 8.62. The topological polar surface area (TPSA) is 113 Å². The molecule has 5 nitrogen and oxygen atoms in total. The van der Waals surface area contributed by atoms with E-state index in [0.717, 1.165) is 0 Å². The van der Waals surface area contributed by atoms with Crippen LogP contribution in [0.5, 0.6) is 0 Å². The van der Waals surface area contributed by atoms with Crippen molar-refractivity contribution in [3.63, 3.8) is 0 Å². The zero-order valence-electron chi connectivity index (χ0n) is 5.64. The van der Waals surface area contributed by atoms with E-state index in [9.17, 15) is 0 Å². The van der Waals surface area contributed by atoms with E-state index in [1.165, 1.54) is 0 Å². The maximum Gasteiger partial charge on any atom is 0.151 e. The van der Waals surface area contributed by atoms with Crippen LogP contribution in [0.15, 0.2) is 0 Å². The highest BCUT2D eigenvalue weighted by Gasteiger charge is 2.10. The molecule has 2 unspecified atom stereocenters. The molecule has 7 N–H and O–H groups in total. The van der Waals surface area contributed by atoms with Crippen LogP contribution >= 0.6 is 0 Å². The number of nitrogens with two attached hydrogens (primary N) is 2. The summed E-state index contributed by atoms with van der Waals surface area (Å²) in [5.41, 5.74) is 10.3. The van der Waals surface area contributed by atoms with Gasteiger partial charge in [-0.1, -0.05) is 0 Å². The molecule has 0 aromatic carbocycles. The first-order chi connectivity index (χ1) is 4.54. The summed E-state index contributed by atoms with van der Waals surface area (Å²) in [6.07, 6.45) is -2.02. The molecule has 0 aromatic rings. The number of rotatable bonds is 4. The van der Waals surface area contributed by atoms with Crippen LogP contribution in [0.25, 0.3) is 0 Å². The standard InChI is InChI=1S/C5H14N2O3/c6-3(5(7)10)1-2-4(8)9/h3-5,8-10H,1-2,6-7H2. The average molecular weight is 150 g/mol. The Kier molecular flexibility index (Phi) is 4.50. The van der Waals surface area contributed by atoms with Gasteiger partial charge in [0.2, 0.25) is 0 Å². The van der Waals surface area contributed by atoms with E-state index in [2.05, 4.69) is 0 Å². The summed E-state index contributed by atoms with van der Waals surface area (Å²) in [6, 6.07) is -0.582. The van der Waals surface area contributed by atoms with Crippen LogP contribution in [0.4, 0.5) is 0 Å². The van der Waals surface area contributed by atoms with Crippen LogP contribution in [-0.4, -0.2) is 33.9 Å². The van der Waals surface area contributed by atoms with Crippen molar-refractivity contribution in [1.82, 2.24) is 0 Å². The molecule has 0 heterocycles. The molecule has 0 aliphatic heterocycles. The fourth-order valence-corrected chi connectivity index (χ4v) is 0.512. The van der Waals surface area contributed by atoms with Gasteiger partial charge in [-0.15, -0.1) is 0 Å². The molecule has 0 fully saturated rings. The third kappa shape index (κ3) is 4.66. The highest BCUT2D eigenvalue weighted by Crippen LogP contribution is 1.98. The molecule has 0 aromatic heterocycles. The van der Waals surface area contributed by atoms with E-state index in [1.54, 1.807) is 0 Å².